The molecule has 0 aliphatic carbocycles. The zero-order valence-corrected chi connectivity index (χ0v) is 19.3. The number of hydrogen-bond acceptors (Lipinski definition) is 6. The molecule has 0 unspecified atom stereocenters. The highest BCUT2D eigenvalue weighted by Crippen LogP contribution is 2.44. The lowest BCUT2D eigenvalue weighted by Gasteiger charge is -2.36. The Morgan fingerprint density at radius 1 is 1.09 bits per heavy atom. The molecule has 2 aliphatic heterocycles. The van der Waals surface area contributed by atoms with Crippen LogP contribution in [0.2, 0.25) is 0 Å². The molecule has 0 radical (unpaired) electrons. The molecule has 0 spiro atoms. The van der Waals surface area contributed by atoms with Crippen LogP contribution >= 0.6 is 11.8 Å². The van der Waals surface area contributed by atoms with E-state index in [9.17, 15) is 9.59 Å². The fourth-order valence-electron chi connectivity index (χ4n) is 3.88. The van der Waals surface area contributed by atoms with Gasteiger partial charge in [0.2, 0.25) is 5.91 Å². The van der Waals surface area contributed by atoms with Gasteiger partial charge in [0.05, 0.1) is 30.8 Å². The Hall–Kier alpha value is -3.32. The molecule has 0 fully saturated rings. The number of ether oxygens (including phenoxy) is 1. The van der Waals surface area contributed by atoms with Crippen molar-refractivity contribution in [1.29, 1.82) is 0 Å². The van der Waals surface area contributed by atoms with E-state index in [1.807, 2.05) is 79.6 Å². The summed E-state index contributed by atoms with van der Waals surface area (Å²) in [5.74, 6) is -0.547. The zero-order chi connectivity index (χ0) is 22.8. The third-order valence-electron chi connectivity index (χ3n) is 5.65. The molecule has 0 saturated heterocycles. The number of fused-ring (bicyclic) bond motifs is 1. The number of anilines is 1. The molecule has 0 bridgehead atoms. The molecule has 32 heavy (non-hydrogen) atoms. The van der Waals surface area contributed by atoms with Gasteiger partial charge in [-0.1, -0.05) is 48.2 Å². The maximum atomic E-state index is 12.9. The summed E-state index contributed by atoms with van der Waals surface area (Å²) in [5.41, 5.74) is 5.89. The normalized spacial score (nSPS) is 17.5. The molecule has 1 atom stereocenters. The van der Waals surface area contributed by atoms with Crippen molar-refractivity contribution in [1.82, 2.24) is 4.90 Å². The van der Waals surface area contributed by atoms with E-state index in [2.05, 4.69) is 10.3 Å². The number of methoxy groups -OCH3 is 1. The van der Waals surface area contributed by atoms with Gasteiger partial charge in [-0.15, -0.1) is 0 Å². The minimum absolute atomic E-state index is 0.126. The number of aliphatic imine (C=N–C) groups is 1. The third kappa shape index (κ3) is 4.21. The van der Waals surface area contributed by atoms with Crippen molar-refractivity contribution in [3.8, 4) is 0 Å². The van der Waals surface area contributed by atoms with Crippen molar-refractivity contribution in [2.45, 2.75) is 33.2 Å². The molecule has 0 saturated carbocycles. The summed E-state index contributed by atoms with van der Waals surface area (Å²) in [5, 5.41) is 5.66. The van der Waals surface area contributed by atoms with Crippen molar-refractivity contribution in [2.24, 2.45) is 4.99 Å². The van der Waals surface area contributed by atoms with Crippen LogP contribution in [0.1, 0.15) is 36.1 Å². The van der Waals surface area contributed by atoms with Gasteiger partial charge in [-0.3, -0.25) is 4.79 Å². The number of nitrogens with zero attached hydrogens (tertiary/aromatic N) is 2. The SMILES string of the molecule is COC(=O)C1=C(C)N=C2SC=C(CC(=O)Nc3ccc(C)c(C)c3)N2[C@@H]1c1ccccc1. The number of amidine groups is 1. The molecule has 6 nitrogen and oxygen atoms in total. The number of amides is 1. The summed E-state index contributed by atoms with van der Waals surface area (Å²) in [6, 6.07) is 15.2. The first-order valence-corrected chi connectivity index (χ1v) is 11.2. The molecule has 2 aliphatic rings. The number of carbonyl (C=O) groups is 2. The second-order valence-electron chi connectivity index (χ2n) is 7.82. The highest BCUT2D eigenvalue weighted by molar-refractivity contribution is 8.16. The summed E-state index contributed by atoms with van der Waals surface area (Å²) in [4.78, 5) is 32.2. The van der Waals surface area contributed by atoms with Gasteiger partial charge in [-0.2, -0.15) is 0 Å². The maximum absolute atomic E-state index is 12.9. The van der Waals surface area contributed by atoms with Crippen LogP contribution in [0.4, 0.5) is 5.69 Å². The smallest absolute Gasteiger partial charge is 0.338 e. The monoisotopic (exact) mass is 447 g/mol. The van der Waals surface area contributed by atoms with E-state index in [1.54, 1.807) is 0 Å². The van der Waals surface area contributed by atoms with Gasteiger partial charge in [0, 0.05) is 11.4 Å². The number of thioether (sulfide) groups is 1. The Morgan fingerprint density at radius 3 is 2.53 bits per heavy atom. The second kappa shape index (κ2) is 9.04. The molecule has 1 N–H and O–H groups in total. The van der Waals surface area contributed by atoms with Crippen molar-refractivity contribution in [3.05, 3.63) is 87.6 Å². The van der Waals surface area contributed by atoms with E-state index in [0.717, 1.165) is 27.7 Å². The molecule has 2 aromatic carbocycles. The minimum Gasteiger partial charge on any atom is -0.466 e. The first kappa shape index (κ1) is 21.9. The van der Waals surface area contributed by atoms with Crippen molar-refractivity contribution >= 4 is 34.5 Å². The van der Waals surface area contributed by atoms with Gasteiger partial charge < -0.3 is 15.0 Å². The summed E-state index contributed by atoms with van der Waals surface area (Å²) < 4.78 is 5.08. The predicted octanol–water partition coefficient (Wildman–Crippen LogP) is 5.08. The third-order valence-corrected chi connectivity index (χ3v) is 6.54. The van der Waals surface area contributed by atoms with E-state index in [1.165, 1.54) is 24.4 Å². The fraction of sp³-hybridized carbons (Fsp3) is 0.240. The number of esters is 1. The van der Waals surface area contributed by atoms with Gasteiger partial charge in [0.1, 0.15) is 0 Å². The van der Waals surface area contributed by atoms with Crippen LogP contribution in [0.3, 0.4) is 0 Å². The summed E-state index contributed by atoms with van der Waals surface area (Å²) in [6.45, 7) is 5.87. The Balaban J connectivity index is 1.63. The standard InChI is InChI=1S/C25H25N3O3S/c1-15-10-11-19(12-16(15)2)27-21(29)13-20-14-32-25-26-17(3)22(24(30)31-4)23(28(20)25)18-8-6-5-7-9-18/h5-12,14,23H,13H2,1-4H3,(H,27,29)/t23-/m1/s1. The Morgan fingerprint density at radius 2 is 1.84 bits per heavy atom. The van der Waals surface area contributed by atoms with E-state index < -0.39 is 12.0 Å². The van der Waals surface area contributed by atoms with E-state index in [-0.39, 0.29) is 12.3 Å². The lowest BCUT2D eigenvalue weighted by molar-refractivity contribution is -0.136. The van der Waals surface area contributed by atoms with Crippen LogP contribution in [0.25, 0.3) is 0 Å². The van der Waals surface area contributed by atoms with Gasteiger partial charge in [-0.25, -0.2) is 9.79 Å². The quantitative estimate of drug-likeness (QED) is 0.647. The van der Waals surface area contributed by atoms with Gasteiger partial charge in [0.25, 0.3) is 0 Å². The van der Waals surface area contributed by atoms with Crippen LogP contribution in [0.5, 0.6) is 0 Å². The Bertz CT molecular complexity index is 1170. The predicted molar refractivity (Wildman–Crippen MR) is 128 cm³/mol. The summed E-state index contributed by atoms with van der Waals surface area (Å²) in [7, 11) is 1.37. The lowest BCUT2D eigenvalue weighted by atomic mass is 9.94. The molecule has 4 rings (SSSR count). The van der Waals surface area contributed by atoms with Crippen LogP contribution in [-0.4, -0.2) is 29.1 Å². The molecule has 1 amide bonds. The average molecular weight is 448 g/mol. The summed E-state index contributed by atoms with van der Waals surface area (Å²) in [6.07, 6.45) is 0.162. The van der Waals surface area contributed by atoms with Crippen LogP contribution < -0.4 is 5.32 Å². The number of rotatable bonds is 5. The van der Waals surface area contributed by atoms with E-state index in [4.69, 9.17) is 4.74 Å². The molecular weight excluding hydrogens is 422 g/mol. The maximum Gasteiger partial charge on any atom is 0.338 e. The molecule has 2 heterocycles. The van der Waals surface area contributed by atoms with E-state index in [0.29, 0.717) is 11.3 Å². The molecule has 7 heteroatoms. The van der Waals surface area contributed by atoms with Crippen LogP contribution in [0.15, 0.2) is 75.9 Å². The number of nitrogens with one attached hydrogen (secondary N) is 1. The number of allylic oxidation sites excluding steroid dienone is 1. The highest BCUT2D eigenvalue weighted by Gasteiger charge is 2.40. The first-order valence-electron chi connectivity index (χ1n) is 10.3. The van der Waals surface area contributed by atoms with Gasteiger partial charge >= 0.3 is 5.97 Å². The van der Waals surface area contributed by atoms with E-state index >= 15 is 0 Å². The molecule has 164 valence electrons. The number of aryl methyl sites for hydroxylation is 2. The van der Waals surface area contributed by atoms with Gasteiger partial charge in [-0.05, 0) is 55.0 Å². The van der Waals surface area contributed by atoms with Gasteiger partial charge in [0.15, 0.2) is 5.17 Å². The second-order valence-corrected chi connectivity index (χ2v) is 8.66. The topological polar surface area (TPSA) is 71.0 Å². The van der Waals surface area contributed by atoms with Crippen molar-refractivity contribution in [3.63, 3.8) is 0 Å². The number of hydrogen-bond donors (Lipinski definition) is 1. The Kier molecular flexibility index (Phi) is 6.19. The fourth-order valence-corrected chi connectivity index (χ4v) is 4.84. The molecule has 0 aromatic heterocycles. The molecule has 2 aromatic rings. The largest absolute Gasteiger partial charge is 0.466 e. The van der Waals surface area contributed by atoms with Crippen LogP contribution in [-0.2, 0) is 14.3 Å². The summed E-state index contributed by atoms with van der Waals surface area (Å²) >= 11 is 1.46. The zero-order valence-electron chi connectivity index (χ0n) is 18.5. The Labute approximate surface area is 192 Å². The number of benzene rings is 2. The van der Waals surface area contributed by atoms with Crippen LogP contribution in [0, 0.1) is 13.8 Å². The lowest BCUT2D eigenvalue weighted by Crippen LogP contribution is -2.37. The average Bonchev–Trinajstić information content (AvgIpc) is 3.17. The minimum atomic E-state index is -0.421. The van der Waals surface area contributed by atoms with Crippen molar-refractivity contribution in [2.75, 3.05) is 12.4 Å². The van der Waals surface area contributed by atoms with Crippen molar-refractivity contribution < 1.29 is 14.3 Å². The number of carbonyl (C=O) groups excluding carboxylic acids is 2. The first-order chi connectivity index (χ1) is 15.4. The highest BCUT2D eigenvalue weighted by atomic mass is 32.2. The molecular formula is C25H25N3O3S.